The Bertz CT molecular complexity index is 701. The van der Waals surface area contributed by atoms with Crippen molar-refractivity contribution in [2.24, 2.45) is 0 Å². The van der Waals surface area contributed by atoms with Gasteiger partial charge in [-0.1, -0.05) is 30.3 Å². The predicted molar refractivity (Wildman–Crippen MR) is 95.5 cm³/mol. The lowest BCUT2D eigenvalue weighted by Crippen LogP contribution is -2.36. The Morgan fingerprint density at radius 3 is 2.75 bits per heavy atom. The van der Waals surface area contributed by atoms with E-state index in [2.05, 4.69) is 27.7 Å². The fraction of sp³-hybridized carbons (Fsp3) is 0.316. The third-order valence-corrected chi connectivity index (χ3v) is 4.21. The second-order valence-electron chi connectivity index (χ2n) is 6.15. The van der Waals surface area contributed by atoms with E-state index in [9.17, 15) is 4.79 Å². The van der Waals surface area contributed by atoms with Crippen LogP contribution < -0.4 is 15.4 Å². The molecule has 0 saturated heterocycles. The highest BCUT2D eigenvalue weighted by Crippen LogP contribution is 2.29. The van der Waals surface area contributed by atoms with E-state index in [1.165, 1.54) is 11.1 Å². The topological polar surface area (TPSA) is 53.6 Å². The SMILES string of the molecule is CN(C)C(CNC(=O)Nc1ccccc1)c1ccc2c(c1)CCO2. The number of urea groups is 1. The van der Waals surface area contributed by atoms with Crippen molar-refractivity contribution >= 4 is 11.7 Å². The molecule has 5 heteroatoms. The number of ether oxygens (including phenoxy) is 1. The van der Waals surface area contributed by atoms with E-state index in [1.807, 2.05) is 50.5 Å². The smallest absolute Gasteiger partial charge is 0.319 e. The van der Waals surface area contributed by atoms with Gasteiger partial charge in [-0.15, -0.1) is 0 Å². The van der Waals surface area contributed by atoms with Crippen LogP contribution in [-0.4, -0.2) is 38.2 Å². The summed E-state index contributed by atoms with van der Waals surface area (Å²) in [6.45, 7) is 1.29. The lowest BCUT2D eigenvalue weighted by atomic mass is 10.0. The average molecular weight is 325 g/mol. The summed E-state index contributed by atoms with van der Waals surface area (Å²) in [5.74, 6) is 0.978. The van der Waals surface area contributed by atoms with Crippen LogP contribution >= 0.6 is 0 Å². The second kappa shape index (κ2) is 7.36. The van der Waals surface area contributed by atoms with Crippen molar-refractivity contribution in [2.75, 3.05) is 32.6 Å². The molecular weight excluding hydrogens is 302 g/mol. The quantitative estimate of drug-likeness (QED) is 0.888. The van der Waals surface area contributed by atoms with Gasteiger partial charge in [0, 0.05) is 18.7 Å². The first-order valence-corrected chi connectivity index (χ1v) is 8.15. The number of para-hydroxylation sites is 1. The normalized spacial score (nSPS) is 14.0. The molecule has 1 atom stereocenters. The molecule has 2 N–H and O–H groups in total. The van der Waals surface area contributed by atoms with Crippen LogP contribution in [-0.2, 0) is 6.42 Å². The summed E-state index contributed by atoms with van der Waals surface area (Å²) in [7, 11) is 4.04. The number of amides is 2. The number of carbonyl (C=O) groups excluding carboxylic acids is 1. The molecule has 0 bridgehead atoms. The Kier molecular flexibility index (Phi) is 5.01. The number of nitrogens with one attached hydrogen (secondary N) is 2. The van der Waals surface area contributed by atoms with Crippen molar-refractivity contribution in [1.29, 1.82) is 0 Å². The highest BCUT2D eigenvalue weighted by Gasteiger charge is 2.19. The largest absolute Gasteiger partial charge is 0.493 e. The fourth-order valence-corrected chi connectivity index (χ4v) is 2.90. The zero-order valence-corrected chi connectivity index (χ0v) is 14.1. The second-order valence-corrected chi connectivity index (χ2v) is 6.15. The molecule has 0 aliphatic carbocycles. The number of rotatable bonds is 5. The van der Waals surface area contributed by atoms with E-state index in [1.54, 1.807) is 0 Å². The third kappa shape index (κ3) is 3.86. The molecule has 0 fully saturated rings. The van der Waals surface area contributed by atoms with Gasteiger partial charge in [-0.05, 0) is 43.4 Å². The zero-order valence-electron chi connectivity index (χ0n) is 14.1. The van der Waals surface area contributed by atoms with E-state index in [4.69, 9.17) is 4.74 Å². The van der Waals surface area contributed by atoms with Gasteiger partial charge in [0.1, 0.15) is 5.75 Å². The highest BCUT2D eigenvalue weighted by atomic mass is 16.5. The standard InChI is InChI=1S/C19H23N3O2/c1-22(2)17(14-8-9-18-15(12-14)10-11-24-18)13-20-19(23)21-16-6-4-3-5-7-16/h3-9,12,17H,10-11,13H2,1-2H3,(H2,20,21,23). The molecule has 5 nitrogen and oxygen atoms in total. The van der Waals surface area contributed by atoms with Crippen molar-refractivity contribution in [3.05, 3.63) is 59.7 Å². The Balaban J connectivity index is 1.63. The lowest BCUT2D eigenvalue weighted by Gasteiger charge is -2.25. The van der Waals surface area contributed by atoms with Crippen molar-refractivity contribution < 1.29 is 9.53 Å². The lowest BCUT2D eigenvalue weighted by molar-refractivity contribution is 0.243. The van der Waals surface area contributed by atoms with Gasteiger partial charge in [-0.25, -0.2) is 4.79 Å². The minimum Gasteiger partial charge on any atom is -0.493 e. The summed E-state index contributed by atoms with van der Waals surface area (Å²) in [5, 5.41) is 5.80. The number of fused-ring (bicyclic) bond motifs is 1. The van der Waals surface area contributed by atoms with Crippen LogP contribution in [0.2, 0.25) is 0 Å². The Labute approximate surface area is 142 Å². The molecule has 126 valence electrons. The maximum absolute atomic E-state index is 12.1. The van der Waals surface area contributed by atoms with Crippen molar-refractivity contribution in [2.45, 2.75) is 12.5 Å². The van der Waals surface area contributed by atoms with Crippen molar-refractivity contribution in [3.8, 4) is 5.75 Å². The molecule has 24 heavy (non-hydrogen) atoms. The van der Waals surface area contributed by atoms with Gasteiger partial charge in [0.05, 0.1) is 12.6 Å². The van der Waals surface area contributed by atoms with Gasteiger partial charge in [-0.3, -0.25) is 0 Å². The molecule has 0 saturated carbocycles. The molecular formula is C19H23N3O2. The summed E-state index contributed by atoms with van der Waals surface area (Å²) in [6.07, 6.45) is 0.950. The third-order valence-electron chi connectivity index (χ3n) is 4.21. The Hall–Kier alpha value is -2.53. The van der Waals surface area contributed by atoms with E-state index in [0.29, 0.717) is 6.54 Å². The monoisotopic (exact) mass is 325 g/mol. The van der Waals surface area contributed by atoms with Crippen LogP contribution in [0.1, 0.15) is 17.2 Å². The first kappa shape index (κ1) is 16.3. The molecule has 0 spiro atoms. The maximum Gasteiger partial charge on any atom is 0.319 e. The fourth-order valence-electron chi connectivity index (χ4n) is 2.90. The molecule has 1 unspecified atom stereocenters. The number of nitrogens with zero attached hydrogens (tertiary/aromatic N) is 1. The van der Waals surface area contributed by atoms with Crippen LogP contribution in [0.4, 0.5) is 10.5 Å². The average Bonchev–Trinajstić information content (AvgIpc) is 3.03. The van der Waals surface area contributed by atoms with Crippen LogP contribution in [0.15, 0.2) is 48.5 Å². The van der Waals surface area contributed by atoms with E-state index < -0.39 is 0 Å². The Morgan fingerprint density at radius 2 is 2.00 bits per heavy atom. The van der Waals surface area contributed by atoms with E-state index in [0.717, 1.165) is 24.5 Å². The van der Waals surface area contributed by atoms with Crippen molar-refractivity contribution in [1.82, 2.24) is 10.2 Å². The first-order chi connectivity index (χ1) is 11.6. The number of hydrogen-bond acceptors (Lipinski definition) is 3. The Morgan fingerprint density at radius 1 is 1.21 bits per heavy atom. The minimum absolute atomic E-state index is 0.109. The van der Waals surface area contributed by atoms with Gasteiger partial charge >= 0.3 is 6.03 Å². The molecule has 0 radical (unpaired) electrons. The predicted octanol–water partition coefficient (Wildman–Crippen LogP) is 3.05. The zero-order chi connectivity index (χ0) is 16.9. The van der Waals surface area contributed by atoms with Gasteiger partial charge in [0.25, 0.3) is 0 Å². The molecule has 2 aromatic rings. The van der Waals surface area contributed by atoms with E-state index in [-0.39, 0.29) is 12.1 Å². The summed E-state index contributed by atoms with van der Waals surface area (Å²) in [6, 6.07) is 15.6. The van der Waals surface area contributed by atoms with Crippen molar-refractivity contribution in [3.63, 3.8) is 0 Å². The molecule has 0 aromatic heterocycles. The van der Waals surface area contributed by atoms with Crippen LogP contribution in [0.3, 0.4) is 0 Å². The molecule has 1 aliphatic rings. The highest BCUT2D eigenvalue weighted by molar-refractivity contribution is 5.89. The summed E-state index contributed by atoms with van der Waals surface area (Å²) < 4.78 is 5.56. The number of hydrogen-bond donors (Lipinski definition) is 2. The molecule has 3 rings (SSSR count). The minimum atomic E-state index is -0.197. The summed E-state index contributed by atoms with van der Waals surface area (Å²) in [4.78, 5) is 14.2. The summed E-state index contributed by atoms with van der Waals surface area (Å²) >= 11 is 0. The molecule has 2 amide bonds. The van der Waals surface area contributed by atoms with Gasteiger partial charge in [0.15, 0.2) is 0 Å². The number of carbonyl (C=O) groups is 1. The van der Waals surface area contributed by atoms with Gasteiger partial charge in [0.2, 0.25) is 0 Å². The first-order valence-electron chi connectivity index (χ1n) is 8.15. The maximum atomic E-state index is 12.1. The van der Waals surface area contributed by atoms with Gasteiger partial charge in [-0.2, -0.15) is 0 Å². The van der Waals surface area contributed by atoms with E-state index >= 15 is 0 Å². The molecule has 1 heterocycles. The summed E-state index contributed by atoms with van der Waals surface area (Å²) in [5.41, 5.74) is 3.21. The number of likely N-dealkylation sites (N-methyl/N-ethyl adjacent to an activating group) is 1. The van der Waals surface area contributed by atoms with Crippen LogP contribution in [0, 0.1) is 0 Å². The van der Waals surface area contributed by atoms with Gasteiger partial charge < -0.3 is 20.3 Å². The number of benzene rings is 2. The molecule has 1 aliphatic heterocycles. The van der Waals surface area contributed by atoms with Crippen LogP contribution in [0.5, 0.6) is 5.75 Å². The molecule has 2 aromatic carbocycles. The van der Waals surface area contributed by atoms with Crippen LogP contribution in [0.25, 0.3) is 0 Å². The number of anilines is 1.